The van der Waals surface area contributed by atoms with Crippen LogP contribution in [0.15, 0.2) is 47.7 Å². The minimum absolute atomic E-state index is 0.157. The third-order valence-corrected chi connectivity index (χ3v) is 3.26. The molecule has 132 valence electrons. The second-order valence-corrected chi connectivity index (χ2v) is 6.73. The van der Waals surface area contributed by atoms with E-state index in [-0.39, 0.29) is 29.5 Å². The maximum atomic E-state index is 12.2. The lowest BCUT2D eigenvalue weighted by Crippen LogP contribution is -2.41. The Kier molecular flexibility index (Phi) is 5.69. The van der Waals surface area contributed by atoms with Gasteiger partial charge >= 0.3 is 0 Å². The van der Waals surface area contributed by atoms with E-state index in [2.05, 4.69) is 15.6 Å². The summed E-state index contributed by atoms with van der Waals surface area (Å²) in [5.41, 5.74) is 0.457. The molecule has 0 aliphatic carbocycles. The molecule has 2 amide bonds. The first kappa shape index (κ1) is 18.4. The lowest BCUT2D eigenvalue weighted by molar-refractivity contribution is -0.121. The highest BCUT2D eigenvalue weighted by atomic mass is 16.2. The van der Waals surface area contributed by atoms with Crippen molar-refractivity contribution in [2.24, 2.45) is 0 Å². The highest BCUT2D eigenvalue weighted by Gasteiger charge is 2.16. The molecule has 0 aromatic carbocycles. The molecule has 0 saturated heterocycles. The summed E-state index contributed by atoms with van der Waals surface area (Å²) in [5.74, 6) is -0.614. The summed E-state index contributed by atoms with van der Waals surface area (Å²) in [5, 5.41) is 5.54. The highest BCUT2D eigenvalue weighted by Crippen LogP contribution is 2.03. The maximum absolute atomic E-state index is 12.2. The lowest BCUT2D eigenvalue weighted by Gasteiger charge is -2.20. The quantitative estimate of drug-likeness (QED) is 0.850. The molecule has 25 heavy (non-hydrogen) atoms. The molecule has 2 heterocycles. The molecule has 2 aromatic rings. The first-order valence-corrected chi connectivity index (χ1v) is 7.93. The SMILES string of the molecule is CC(C)(C)NC(=O)c1ccc(=O)n(CC(=O)NCc2cccnc2)c1. The van der Waals surface area contributed by atoms with Crippen molar-refractivity contribution < 1.29 is 9.59 Å². The van der Waals surface area contributed by atoms with E-state index < -0.39 is 0 Å². The molecule has 7 nitrogen and oxygen atoms in total. The highest BCUT2D eigenvalue weighted by molar-refractivity contribution is 5.94. The van der Waals surface area contributed by atoms with Crippen LogP contribution in [0.25, 0.3) is 0 Å². The van der Waals surface area contributed by atoms with Gasteiger partial charge in [-0.15, -0.1) is 0 Å². The van der Waals surface area contributed by atoms with Crippen molar-refractivity contribution in [2.75, 3.05) is 0 Å². The zero-order valence-electron chi connectivity index (χ0n) is 14.6. The number of nitrogens with zero attached hydrogens (tertiary/aromatic N) is 2. The third-order valence-electron chi connectivity index (χ3n) is 3.26. The Balaban J connectivity index is 2.03. The van der Waals surface area contributed by atoms with Crippen molar-refractivity contribution in [1.29, 1.82) is 0 Å². The number of pyridine rings is 2. The van der Waals surface area contributed by atoms with Crippen LogP contribution in [-0.2, 0) is 17.9 Å². The van der Waals surface area contributed by atoms with Gasteiger partial charge in [-0.25, -0.2) is 0 Å². The number of rotatable bonds is 5. The minimum Gasteiger partial charge on any atom is -0.350 e. The Labute approximate surface area is 146 Å². The average Bonchev–Trinajstić information content (AvgIpc) is 2.54. The number of carbonyl (C=O) groups is 2. The largest absolute Gasteiger partial charge is 0.350 e. The van der Waals surface area contributed by atoms with Gasteiger partial charge in [-0.3, -0.25) is 19.4 Å². The number of hydrogen-bond acceptors (Lipinski definition) is 4. The second-order valence-electron chi connectivity index (χ2n) is 6.73. The fourth-order valence-corrected chi connectivity index (χ4v) is 2.12. The van der Waals surface area contributed by atoms with Crippen LogP contribution < -0.4 is 16.2 Å². The second kappa shape index (κ2) is 7.74. The smallest absolute Gasteiger partial charge is 0.253 e. The zero-order chi connectivity index (χ0) is 18.4. The Morgan fingerprint density at radius 2 is 1.96 bits per heavy atom. The summed E-state index contributed by atoms with van der Waals surface area (Å²) in [6, 6.07) is 6.36. The number of nitrogens with one attached hydrogen (secondary N) is 2. The number of hydrogen-bond donors (Lipinski definition) is 2. The number of carbonyl (C=O) groups excluding carboxylic acids is 2. The van der Waals surface area contributed by atoms with Gasteiger partial charge in [0.15, 0.2) is 0 Å². The van der Waals surface area contributed by atoms with Gasteiger partial charge in [0, 0.05) is 36.7 Å². The maximum Gasteiger partial charge on any atom is 0.253 e. The molecule has 2 rings (SSSR count). The van der Waals surface area contributed by atoms with E-state index in [0.717, 1.165) is 5.56 Å². The summed E-state index contributed by atoms with van der Waals surface area (Å²) >= 11 is 0. The molecule has 0 radical (unpaired) electrons. The van der Waals surface area contributed by atoms with E-state index in [4.69, 9.17) is 0 Å². The van der Waals surface area contributed by atoms with Gasteiger partial charge in [0.05, 0.1) is 5.56 Å². The predicted molar refractivity (Wildman–Crippen MR) is 94.0 cm³/mol. The van der Waals surface area contributed by atoms with Crippen LogP contribution in [0.3, 0.4) is 0 Å². The van der Waals surface area contributed by atoms with Crippen molar-refractivity contribution in [3.63, 3.8) is 0 Å². The van der Waals surface area contributed by atoms with Gasteiger partial charge < -0.3 is 15.2 Å². The van der Waals surface area contributed by atoms with Crippen molar-refractivity contribution in [2.45, 2.75) is 39.4 Å². The summed E-state index contributed by atoms with van der Waals surface area (Å²) in [7, 11) is 0. The third kappa shape index (κ3) is 5.87. The van der Waals surface area contributed by atoms with Crippen molar-refractivity contribution >= 4 is 11.8 Å². The standard InChI is InChI=1S/C18H22N4O3/c1-18(2,3)21-17(25)14-6-7-16(24)22(11-14)12-15(23)20-10-13-5-4-8-19-9-13/h4-9,11H,10,12H2,1-3H3,(H,20,23)(H,21,25). The first-order chi connectivity index (χ1) is 11.7. The Morgan fingerprint density at radius 1 is 1.20 bits per heavy atom. The summed E-state index contributed by atoms with van der Waals surface area (Å²) < 4.78 is 1.22. The van der Waals surface area contributed by atoms with Crippen LogP contribution in [0.4, 0.5) is 0 Å². The molecule has 0 spiro atoms. The lowest BCUT2D eigenvalue weighted by atomic mass is 10.1. The van der Waals surface area contributed by atoms with E-state index >= 15 is 0 Å². The van der Waals surface area contributed by atoms with Gasteiger partial charge in [0.25, 0.3) is 11.5 Å². The fraction of sp³-hybridized carbons (Fsp3) is 0.333. The Morgan fingerprint density at radius 3 is 2.60 bits per heavy atom. The molecule has 0 atom stereocenters. The Hall–Kier alpha value is -2.96. The van der Waals surface area contributed by atoms with E-state index in [1.807, 2.05) is 26.8 Å². The molecule has 0 fully saturated rings. The molecular formula is C18H22N4O3. The number of amides is 2. The van der Waals surface area contributed by atoms with E-state index in [1.54, 1.807) is 18.5 Å². The number of aromatic nitrogens is 2. The predicted octanol–water partition coefficient (Wildman–Crippen LogP) is 1.09. The van der Waals surface area contributed by atoms with Crippen LogP contribution in [0.2, 0.25) is 0 Å². The molecule has 0 aliphatic heterocycles. The summed E-state index contributed by atoms with van der Waals surface area (Å²) in [6.07, 6.45) is 4.70. The van der Waals surface area contributed by atoms with Crippen LogP contribution in [0.1, 0.15) is 36.7 Å². The first-order valence-electron chi connectivity index (χ1n) is 7.93. The molecular weight excluding hydrogens is 320 g/mol. The van der Waals surface area contributed by atoms with Crippen LogP contribution in [0, 0.1) is 0 Å². The molecule has 0 saturated carbocycles. The van der Waals surface area contributed by atoms with Gasteiger partial charge in [-0.2, -0.15) is 0 Å². The molecule has 7 heteroatoms. The summed E-state index contributed by atoms with van der Waals surface area (Å²) in [4.78, 5) is 40.1. The van der Waals surface area contributed by atoms with Gasteiger partial charge in [-0.1, -0.05) is 6.07 Å². The topological polar surface area (TPSA) is 93.1 Å². The van der Waals surface area contributed by atoms with Crippen LogP contribution >= 0.6 is 0 Å². The zero-order valence-corrected chi connectivity index (χ0v) is 14.6. The van der Waals surface area contributed by atoms with E-state index in [1.165, 1.54) is 22.9 Å². The minimum atomic E-state index is -0.390. The average molecular weight is 342 g/mol. The van der Waals surface area contributed by atoms with Crippen LogP contribution in [-0.4, -0.2) is 26.9 Å². The Bertz CT molecular complexity index is 807. The molecule has 0 bridgehead atoms. The van der Waals surface area contributed by atoms with Crippen molar-refractivity contribution in [3.05, 3.63) is 64.3 Å². The molecule has 0 unspecified atom stereocenters. The van der Waals surface area contributed by atoms with Crippen LogP contribution in [0.5, 0.6) is 0 Å². The fourth-order valence-electron chi connectivity index (χ4n) is 2.12. The monoisotopic (exact) mass is 342 g/mol. The summed E-state index contributed by atoms with van der Waals surface area (Å²) in [6.45, 7) is 5.77. The van der Waals surface area contributed by atoms with E-state index in [9.17, 15) is 14.4 Å². The van der Waals surface area contributed by atoms with Gasteiger partial charge in [0.1, 0.15) is 6.54 Å². The van der Waals surface area contributed by atoms with Crippen molar-refractivity contribution in [3.8, 4) is 0 Å². The molecule has 0 aliphatic rings. The normalized spacial score (nSPS) is 11.0. The van der Waals surface area contributed by atoms with Crippen molar-refractivity contribution in [1.82, 2.24) is 20.2 Å². The van der Waals surface area contributed by atoms with Gasteiger partial charge in [0.2, 0.25) is 5.91 Å². The molecule has 2 aromatic heterocycles. The van der Waals surface area contributed by atoms with Gasteiger partial charge in [-0.05, 0) is 38.5 Å². The molecule has 2 N–H and O–H groups in total. The van der Waals surface area contributed by atoms with E-state index in [0.29, 0.717) is 12.1 Å².